The number of rotatable bonds is 8. The van der Waals surface area contributed by atoms with Gasteiger partial charge in [0.15, 0.2) is 5.65 Å². The first-order valence-corrected chi connectivity index (χ1v) is 9.83. The highest BCUT2D eigenvalue weighted by Crippen LogP contribution is 2.30. The minimum atomic E-state index is 0.396. The van der Waals surface area contributed by atoms with Crippen LogP contribution in [0, 0.1) is 0 Å². The van der Waals surface area contributed by atoms with Crippen molar-refractivity contribution in [3.63, 3.8) is 0 Å². The molecule has 1 atom stereocenters. The molecule has 1 aliphatic carbocycles. The largest absolute Gasteiger partial charge is 0.367 e. The molecule has 136 valence electrons. The van der Waals surface area contributed by atoms with Gasteiger partial charge in [-0.15, -0.1) is 0 Å². The van der Waals surface area contributed by atoms with Gasteiger partial charge in [-0.3, -0.25) is 0 Å². The van der Waals surface area contributed by atoms with Crippen LogP contribution in [-0.2, 0) is 12.8 Å². The van der Waals surface area contributed by atoms with E-state index in [1.54, 1.807) is 6.33 Å². The third-order valence-corrected chi connectivity index (χ3v) is 5.37. The zero-order chi connectivity index (χ0) is 17.6. The summed E-state index contributed by atoms with van der Waals surface area (Å²) in [7, 11) is 0. The Balaban J connectivity index is 1.73. The molecule has 1 aliphatic rings. The fourth-order valence-electron chi connectivity index (χ4n) is 3.82. The standard InChI is InChI=1S/C20H31N5/c1-4-25(5-2)12-8-9-15(3)24-20-18-17-11-7-6-10-16(17)13-21-19(18)22-14-23-20/h13-15H,4-12H2,1-3H3,(H,21,22,23,24)/t15-/m1/s1. The maximum atomic E-state index is 4.57. The first kappa shape index (κ1) is 18.1. The van der Waals surface area contributed by atoms with Crippen LogP contribution in [-0.4, -0.2) is 45.5 Å². The van der Waals surface area contributed by atoms with E-state index in [0.717, 1.165) is 49.2 Å². The molecular formula is C20H31N5. The topological polar surface area (TPSA) is 53.9 Å². The Bertz CT molecular complexity index is 696. The molecule has 0 aromatic carbocycles. The second kappa shape index (κ2) is 8.56. The molecule has 2 aromatic heterocycles. The lowest BCUT2D eigenvalue weighted by Gasteiger charge is -2.22. The fourth-order valence-corrected chi connectivity index (χ4v) is 3.82. The van der Waals surface area contributed by atoms with Crippen molar-refractivity contribution in [1.82, 2.24) is 19.9 Å². The Kier molecular flexibility index (Phi) is 6.19. The summed E-state index contributed by atoms with van der Waals surface area (Å²) in [4.78, 5) is 16.0. The Hall–Kier alpha value is -1.75. The molecule has 0 unspecified atom stereocenters. The van der Waals surface area contributed by atoms with Gasteiger partial charge in [-0.2, -0.15) is 0 Å². The van der Waals surface area contributed by atoms with Crippen LogP contribution >= 0.6 is 0 Å². The molecule has 2 heterocycles. The molecule has 0 amide bonds. The summed E-state index contributed by atoms with van der Waals surface area (Å²) in [5.41, 5.74) is 3.62. The van der Waals surface area contributed by atoms with E-state index >= 15 is 0 Å². The van der Waals surface area contributed by atoms with Gasteiger partial charge in [-0.25, -0.2) is 15.0 Å². The van der Waals surface area contributed by atoms with Crippen LogP contribution in [0.15, 0.2) is 12.5 Å². The fraction of sp³-hybridized carbons (Fsp3) is 0.650. The van der Waals surface area contributed by atoms with E-state index in [1.807, 2.05) is 6.20 Å². The van der Waals surface area contributed by atoms with Crippen LogP contribution in [0.3, 0.4) is 0 Å². The second-order valence-electron chi connectivity index (χ2n) is 7.10. The lowest BCUT2D eigenvalue weighted by Crippen LogP contribution is -2.26. The normalized spacial score (nSPS) is 15.4. The lowest BCUT2D eigenvalue weighted by molar-refractivity contribution is 0.295. The van der Waals surface area contributed by atoms with E-state index in [1.165, 1.54) is 36.9 Å². The molecule has 0 radical (unpaired) electrons. The van der Waals surface area contributed by atoms with Gasteiger partial charge in [0.05, 0.1) is 5.39 Å². The highest BCUT2D eigenvalue weighted by molar-refractivity contribution is 5.90. The van der Waals surface area contributed by atoms with E-state index in [9.17, 15) is 0 Å². The lowest BCUT2D eigenvalue weighted by atomic mass is 9.91. The molecule has 3 rings (SSSR count). The van der Waals surface area contributed by atoms with Gasteiger partial charge in [0.1, 0.15) is 12.1 Å². The Labute approximate surface area is 151 Å². The molecule has 0 fully saturated rings. The van der Waals surface area contributed by atoms with Crippen molar-refractivity contribution in [2.45, 2.75) is 65.3 Å². The summed E-state index contributed by atoms with van der Waals surface area (Å²) in [6.45, 7) is 10.1. The van der Waals surface area contributed by atoms with Gasteiger partial charge >= 0.3 is 0 Å². The van der Waals surface area contributed by atoms with Crippen molar-refractivity contribution in [3.8, 4) is 0 Å². The summed E-state index contributed by atoms with van der Waals surface area (Å²) in [6, 6.07) is 0.396. The highest BCUT2D eigenvalue weighted by Gasteiger charge is 2.18. The Morgan fingerprint density at radius 2 is 1.92 bits per heavy atom. The number of pyridine rings is 1. The molecule has 2 aromatic rings. The molecule has 5 nitrogen and oxygen atoms in total. The summed E-state index contributed by atoms with van der Waals surface area (Å²) in [5, 5.41) is 4.78. The van der Waals surface area contributed by atoms with Crippen molar-refractivity contribution in [2.75, 3.05) is 25.0 Å². The van der Waals surface area contributed by atoms with Crippen molar-refractivity contribution < 1.29 is 0 Å². The van der Waals surface area contributed by atoms with Gasteiger partial charge in [0.2, 0.25) is 0 Å². The summed E-state index contributed by atoms with van der Waals surface area (Å²) in [6.07, 6.45) is 10.8. The van der Waals surface area contributed by atoms with Crippen molar-refractivity contribution in [2.24, 2.45) is 0 Å². The molecule has 5 heteroatoms. The average Bonchev–Trinajstić information content (AvgIpc) is 2.65. The van der Waals surface area contributed by atoms with Gasteiger partial charge in [-0.1, -0.05) is 13.8 Å². The Morgan fingerprint density at radius 1 is 1.12 bits per heavy atom. The summed E-state index contributed by atoms with van der Waals surface area (Å²) >= 11 is 0. The zero-order valence-electron chi connectivity index (χ0n) is 15.9. The SMILES string of the molecule is CCN(CC)CCC[C@@H](C)Nc1ncnc2ncc3c(c12)CCCC3. The van der Waals surface area contributed by atoms with Gasteiger partial charge < -0.3 is 10.2 Å². The molecule has 0 spiro atoms. The molecule has 25 heavy (non-hydrogen) atoms. The van der Waals surface area contributed by atoms with Crippen LogP contribution in [0.5, 0.6) is 0 Å². The van der Waals surface area contributed by atoms with Crippen molar-refractivity contribution in [3.05, 3.63) is 23.7 Å². The first-order valence-electron chi connectivity index (χ1n) is 9.83. The van der Waals surface area contributed by atoms with Crippen molar-refractivity contribution in [1.29, 1.82) is 0 Å². The number of hydrogen-bond donors (Lipinski definition) is 1. The highest BCUT2D eigenvalue weighted by atomic mass is 15.1. The number of anilines is 1. The third kappa shape index (κ3) is 4.27. The third-order valence-electron chi connectivity index (χ3n) is 5.37. The number of nitrogens with one attached hydrogen (secondary N) is 1. The van der Waals surface area contributed by atoms with Crippen LogP contribution in [0.25, 0.3) is 11.0 Å². The molecule has 1 N–H and O–H groups in total. The maximum absolute atomic E-state index is 4.57. The Morgan fingerprint density at radius 3 is 2.72 bits per heavy atom. The smallest absolute Gasteiger partial charge is 0.164 e. The number of nitrogens with zero attached hydrogens (tertiary/aromatic N) is 4. The van der Waals surface area contributed by atoms with E-state index in [2.05, 4.69) is 45.9 Å². The van der Waals surface area contributed by atoms with E-state index in [0.29, 0.717) is 6.04 Å². The van der Waals surface area contributed by atoms with Crippen LogP contribution in [0.1, 0.15) is 57.6 Å². The average molecular weight is 342 g/mol. The van der Waals surface area contributed by atoms with Gasteiger partial charge in [0, 0.05) is 12.2 Å². The molecule has 0 saturated carbocycles. The maximum Gasteiger partial charge on any atom is 0.164 e. The van der Waals surface area contributed by atoms with E-state index in [4.69, 9.17) is 0 Å². The monoisotopic (exact) mass is 341 g/mol. The second-order valence-corrected chi connectivity index (χ2v) is 7.10. The molecular weight excluding hydrogens is 310 g/mol. The van der Waals surface area contributed by atoms with Crippen LogP contribution < -0.4 is 5.32 Å². The van der Waals surface area contributed by atoms with Crippen LogP contribution in [0.2, 0.25) is 0 Å². The number of aromatic nitrogens is 3. The number of hydrogen-bond acceptors (Lipinski definition) is 5. The minimum Gasteiger partial charge on any atom is -0.367 e. The zero-order valence-corrected chi connectivity index (χ0v) is 15.9. The molecule has 0 aliphatic heterocycles. The van der Waals surface area contributed by atoms with E-state index in [-0.39, 0.29) is 0 Å². The van der Waals surface area contributed by atoms with Gasteiger partial charge in [0.25, 0.3) is 0 Å². The summed E-state index contributed by atoms with van der Waals surface area (Å²) in [5.74, 6) is 0.964. The number of fused-ring (bicyclic) bond motifs is 3. The van der Waals surface area contributed by atoms with Crippen molar-refractivity contribution >= 4 is 16.9 Å². The predicted molar refractivity (Wildman–Crippen MR) is 104 cm³/mol. The molecule has 0 saturated heterocycles. The number of aryl methyl sites for hydroxylation is 2. The molecule has 0 bridgehead atoms. The quantitative estimate of drug-likeness (QED) is 0.791. The van der Waals surface area contributed by atoms with Gasteiger partial charge in [-0.05, 0) is 76.2 Å². The van der Waals surface area contributed by atoms with Crippen LogP contribution in [0.4, 0.5) is 5.82 Å². The van der Waals surface area contributed by atoms with E-state index < -0.39 is 0 Å². The predicted octanol–water partition coefficient (Wildman–Crippen LogP) is 3.83. The minimum absolute atomic E-state index is 0.396. The summed E-state index contributed by atoms with van der Waals surface area (Å²) < 4.78 is 0. The first-order chi connectivity index (χ1) is 12.2.